The van der Waals surface area contributed by atoms with Crippen LogP contribution in [0, 0.1) is 11.6 Å². The Morgan fingerprint density at radius 1 is 0.729 bits per heavy atom. The number of allylic oxidation sites excluding steroid dienone is 3. The maximum absolute atomic E-state index is 15.2. The second-order valence-electron chi connectivity index (χ2n) is 14.6. The van der Waals surface area contributed by atoms with Crippen molar-refractivity contribution >= 4 is 22.4 Å². The van der Waals surface area contributed by atoms with Gasteiger partial charge in [-0.2, -0.15) is 0 Å². The number of hydrogen-bond acceptors (Lipinski definition) is 2. The molecule has 0 saturated heterocycles. The van der Waals surface area contributed by atoms with E-state index in [1.165, 1.54) is 34.4 Å². The molecule has 48 heavy (non-hydrogen) atoms. The van der Waals surface area contributed by atoms with Crippen molar-refractivity contribution in [1.29, 1.82) is 0 Å². The number of halogens is 2. The van der Waals surface area contributed by atoms with Crippen molar-refractivity contribution in [2.45, 2.75) is 57.0 Å². The summed E-state index contributed by atoms with van der Waals surface area (Å²) in [7, 11) is 1.67. The van der Waals surface area contributed by atoms with E-state index in [9.17, 15) is 4.39 Å². The monoisotopic (exact) mass is 634 g/mol. The fourth-order valence-electron chi connectivity index (χ4n) is 9.08. The van der Waals surface area contributed by atoms with Crippen LogP contribution in [0.25, 0.3) is 33.5 Å². The zero-order valence-corrected chi connectivity index (χ0v) is 27.8. The number of rotatable bonds is 3. The summed E-state index contributed by atoms with van der Waals surface area (Å²) in [4.78, 5) is 0. The van der Waals surface area contributed by atoms with Gasteiger partial charge in [-0.05, 0) is 111 Å². The molecule has 5 aromatic carbocycles. The number of methoxy groups -OCH3 is 1. The summed E-state index contributed by atoms with van der Waals surface area (Å²) < 4.78 is 42.9. The number of fused-ring (bicyclic) bond motifs is 10. The summed E-state index contributed by atoms with van der Waals surface area (Å²) in [5.74, 6) is 0.824. The normalized spacial score (nSPS) is 20.8. The molecule has 0 N–H and O–H groups in total. The average Bonchev–Trinajstić information content (AvgIpc) is 3.47. The van der Waals surface area contributed by atoms with Gasteiger partial charge < -0.3 is 9.47 Å². The van der Waals surface area contributed by atoms with Crippen LogP contribution < -0.4 is 9.47 Å². The van der Waals surface area contributed by atoms with Crippen LogP contribution in [-0.2, 0) is 16.4 Å². The Bertz CT molecular complexity index is 2320. The highest BCUT2D eigenvalue weighted by molar-refractivity contribution is 6.08. The smallest absolute Gasteiger partial charge is 0.174 e. The Labute approximate surface area is 280 Å². The van der Waals surface area contributed by atoms with Crippen molar-refractivity contribution in [2.24, 2.45) is 0 Å². The predicted octanol–water partition coefficient (Wildman–Crippen LogP) is 11.2. The van der Waals surface area contributed by atoms with Gasteiger partial charge in [-0.3, -0.25) is 0 Å². The van der Waals surface area contributed by atoms with Crippen LogP contribution in [0.3, 0.4) is 0 Å². The Kier molecular flexibility index (Phi) is 5.96. The lowest BCUT2D eigenvalue weighted by Crippen LogP contribution is -2.37. The SMILES string of the molecule is COc1ccc(C2(C3=CC4=C(CC3)c3ccccc3C4(C)C)C=Cc3c4c(c5ccc(F)cc5c3O2)-c2ccc(F)cc2C4(C)C)cc1. The first-order valence-corrected chi connectivity index (χ1v) is 16.7. The number of benzene rings is 5. The fraction of sp³-hybridized carbons (Fsp3) is 0.227. The van der Waals surface area contributed by atoms with Gasteiger partial charge in [0.05, 0.1) is 7.11 Å². The van der Waals surface area contributed by atoms with Gasteiger partial charge in [0.2, 0.25) is 0 Å². The molecule has 3 aliphatic carbocycles. The van der Waals surface area contributed by atoms with Crippen LogP contribution in [0.15, 0.2) is 108 Å². The first-order valence-electron chi connectivity index (χ1n) is 16.7. The first kappa shape index (κ1) is 29.2. The van der Waals surface area contributed by atoms with Crippen molar-refractivity contribution in [2.75, 3.05) is 7.11 Å². The van der Waals surface area contributed by atoms with Crippen LogP contribution in [0.2, 0.25) is 0 Å². The molecule has 1 aliphatic heterocycles. The standard InChI is InChI=1S/C44H36F2O2/c1-42(2)36-9-7-6-8-30(36)31-17-12-26(22-37(31)42)44(25-10-15-29(47-5)16-11-25)21-20-34-40-39(32-18-13-27(45)23-35(32)41(34)48-44)33-19-14-28(46)24-38(33)43(40,3)4/h6-11,13-16,18-24H,12,17H2,1-5H3. The molecule has 0 bridgehead atoms. The summed E-state index contributed by atoms with van der Waals surface area (Å²) >= 11 is 0. The molecule has 0 aromatic heterocycles. The van der Waals surface area contributed by atoms with E-state index in [-0.39, 0.29) is 17.0 Å². The molecule has 1 unspecified atom stereocenters. The van der Waals surface area contributed by atoms with E-state index >= 15 is 4.39 Å². The fourth-order valence-corrected chi connectivity index (χ4v) is 9.08. The van der Waals surface area contributed by atoms with E-state index in [0.717, 1.165) is 62.9 Å². The molecule has 9 rings (SSSR count). The Hall–Kier alpha value is -4.96. The third kappa shape index (κ3) is 3.77. The number of hydrogen-bond donors (Lipinski definition) is 0. The molecule has 0 amide bonds. The van der Waals surface area contributed by atoms with E-state index in [1.807, 2.05) is 24.3 Å². The van der Waals surface area contributed by atoms with Crippen molar-refractivity contribution in [3.8, 4) is 22.6 Å². The van der Waals surface area contributed by atoms with E-state index in [0.29, 0.717) is 11.1 Å². The molecule has 4 heteroatoms. The largest absolute Gasteiger partial charge is 0.497 e. The van der Waals surface area contributed by atoms with Crippen LogP contribution in [0.4, 0.5) is 8.78 Å². The van der Waals surface area contributed by atoms with Gasteiger partial charge in [-0.25, -0.2) is 8.78 Å². The lowest BCUT2D eigenvalue weighted by molar-refractivity contribution is 0.154. The van der Waals surface area contributed by atoms with E-state index in [4.69, 9.17) is 9.47 Å². The summed E-state index contributed by atoms with van der Waals surface area (Å²) in [5.41, 5.74) is 10.9. The van der Waals surface area contributed by atoms with Gasteiger partial charge >= 0.3 is 0 Å². The Morgan fingerprint density at radius 3 is 2.27 bits per heavy atom. The molecular weight excluding hydrogens is 598 g/mol. The lowest BCUT2D eigenvalue weighted by atomic mass is 9.73. The molecule has 238 valence electrons. The average molecular weight is 635 g/mol. The second-order valence-corrected chi connectivity index (χ2v) is 14.6. The second kappa shape index (κ2) is 9.79. The minimum absolute atomic E-state index is 0.156. The van der Waals surface area contributed by atoms with Crippen LogP contribution in [-0.4, -0.2) is 7.11 Å². The highest BCUT2D eigenvalue weighted by atomic mass is 19.1. The van der Waals surface area contributed by atoms with E-state index in [2.05, 4.69) is 82.3 Å². The highest BCUT2D eigenvalue weighted by Crippen LogP contribution is 2.60. The quantitative estimate of drug-likeness (QED) is 0.197. The molecule has 1 atom stereocenters. The summed E-state index contributed by atoms with van der Waals surface area (Å²) in [6.07, 6.45) is 8.45. The van der Waals surface area contributed by atoms with Gasteiger partial charge in [0.1, 0.15) is 23.1 Å². The summed E-state index contributed by atoms with van der Waals surface area (Å²) in [6.45, 7) is 8.90. The molecule has 4 aliphatic rings. The highest BCUT2D eigenvalue weighted by Gasteiger charge is 2.47. The van der Waals surface area contributed by atoms with Gasteiger partial charge in [-0.1, -0.05) is 88.4 Å². The van der Waals surface area contributed by atoms with Gasteiger partial charge in [0.25, 0.3) is 0 Å². The van der Waals surface area contributed by atoms with Crippen molar-refractivity contribution in [3.63, 3.8) is 0 Å². The van der Waals surface area contributed by atoms with Crippen molar-refractivity contribution in [3.05, 3.63) is 153 Å². The minimum Gasteiger partial charge on any atom is -0.497 e. The third-order valence-electron chi connectivity index (χ3n) is 11.4. The molecule has 0 radical (unpaired) electrons. The predicted molar refractivity (Wildman–Crippen MR) is 189 cm³/mol. The minimum atomic E-state index is -0.947. The Morgan fingerprint density at radius 2 is 1.48 bits per heavy atom. The van der Waals surface area contributed by atoms with Gasteiger partial charge in [-0.15, -0.1) is 0 Å². The molecule has 1 heterocycles. The third-order valence-corrected chi connectivity index (χ3v) is 11.4. The van der Waals surface area contributed by atoms with Gasteiger partial charge in [0.15, 0.2) is 5.60 Å². The zero-order valence-electron chi connectivity index (χ0n) is 27.8. The maximum Gasteiger partial charge on any atom is 0.174 e. The lowest BCUT2D eigenvalue weighted by Gasteiger charge is -2.41. The van der Waals surface area contributed by atoms with Crippen LogP contribution >= 0.6 is 0 Å². The van der Waals surface area contributed by atoms with Crippen molar-refractivity contribution in [1.82, 2.24) is 0 Å². The Balaban J connectivity index is 1.31. The zero-order chi connectivity index (χ0) is 33.2. The van der Waals surface area contributed by atoms with E-state index in [1.54, 1.807) is 19.2 Å². The molecular formula is C44H36F2O2. The first-order chi connectivity index (χ1) is 23.0. The van der Waals surface area contributed by atoms with Crippen LogP contribution in [0.1, 0.15) is 73.9 Å². The van der Waals surface area contributed by atoms with E-state index < -0.39 is 11.0 Å². The summed E-state index contributed by atoms with van der Waals surface area (Å²) in [6, 6.07) is 26.8. The number of ether oxygens (including phenoxy) is 2. The van der Waals surface area contributed by atoms with Crippen molar-refractivity contribution < 1.29 is 18.3 Å². The van der Waals surface area contributed by atoms with Gasteiger partial charge in [0, 0.05) is 27.3 Å². The molecule has 5 aromatic rings. The molecule has 0 saturated carbocycles. The maximum atomic E-state index is 15.2. The molecule has 0 fully saturated rings. The molecule has 0 spiro atoms. The molecule has 2 nitrogen and oxygen atoms in total. The topological polar surface area (TPSA) is 18.5 Å². The summed E-state index contributed by atoms with van der Waals surface area (Å²) in [5, 5.41) is 1.61. The van der Waals surface area contributed by atoms with Crippen LogP contribution in [0.5, 0.6) is 11.5 Å².